The van der Waals surface area contributed by atoms with Gasteiger partial charge >= 0.3 is 7.82 Å². The molecule has 0 heterocycles. The van der Waals surface area contributed by atoms with Crippen molar-refractivity contribution in [3.63, 3.8) is 0 Å². The van der Waals surface area contributed by atoms with Gasteiger partial charge < -0.3 is 14.7 Å². The van der Waals surface area contributed by atoms with Gasteiger partial charge in [-0.25, -0.2) is 4.57 Å². The minimum absolute atomic E-state index is 0.868. The number of allylic oxidation sites excluding steroid dienone is 1. The third kappa shape index (κ3) is 4.88. The van der Waals surface area contributed by atoms with Crippen molar-refractivity contribution in [2.75, 3.05) is 0 Å². The largest absolute Gasteiger partial charge is 0.471 e. The number of hydrogen-bond donors (Lipinski definition) is 3. The van der Waals surface area contributed by atoms with Crippen LogP contribution >= 0.6 is 16.6 Å². The first-order chi connectivity index (χ1) is 6.39. The van der Waals surface area contributed by atoms with Crippen LogP contribution in [0, 0.1) is 11.8 Å². The van der Waals surface area contributed by atoms with E-state index in [0.29, 0.717) is 0 Å². The van der Waals surface area contributed by atoms with Crippen molar-refractivity contribution in [1.29, 1.82) is 0 Å². The molecular weight excluding hydrogens is 226 g/mol. The molecule has 0 bridgehead atoms. The zero-order valence-electron chi connectivity index (χ0n) is 7.76. The zero-order chi connectivity index (χ0) is 11.2. The predicted molar refractivity (Wildman–Crippen MR) is 54.7 cm³/mol. The van der Waals surface area contributed by atoms with Crippen molar-refractivity contribution >= 4 is 16.6 Å². The van der Waals surface area contributed by atoms with Gasteiger partial charge in [0.15, 0.2) is 5.34 Å². The Hall–Kier alpha value is -0.200. The van der Waals surface area contributed by atoms with Gasteiger partial charge in [0.25, 0.3) is 0 Å². The van der Waals surface area contributed by atoms with E-state index >= 15 is 0 Å². The quantitative estimate of drug-likeness (QED) is 0.386. The number of phosphoric acid groups is 1. The molecule has 0 radical (unpaired) electrons. The Labute approximate surface area is 84.3 Å². The fraction of sp³-hybridized carbons (Fsp3) is 0.429. The zero-order valence-corrected chi connectivity index (χ0v) is 9.65. The number of hydrogen-bond acceptors (Lipinski definition) is 3. The van der Waals surface area contributed by atoms with Gasteiger partial charge in [0.2, 0.25) is 0 Å². The van der Waals surface area contributed by atoms with Crippen molar-refractivity contribution < 1.29 is 23.8 Å². The predicted octanol–water partition coefficient (Wildman–Crippen LogP) is 0.977. The van der Waals surface area contributed by atoms with Crippen LogP contribution in [0.25, 0.3) is 0 Å². The van der Waals surface area contributed by atoms with Crippen LogP contribution in [-0.2, 0) is 9.09 Å². The minimum Gasteiger partial charge on any atom is -0.373 e. The van der Waals surface area contributed by atoms with Gasteiger partial charge in [0, 0.05) is 0 Å². The Bertz CT molecular complexity index is 310. The fourth-order valence-corrected chi connectivity index (χ4v) is 2.21. The lowest BCUT2D eigenvalue weighted by atomic mass is 10.3. The lowest BCUT2D eigenvalue weighted by Crippen LogP contribution is -2.20. The summed E-state index contributed by atoms with van der Waals surface area (Å²) in [5, 5.41) is -1.59. The summed E-state index contributed by atoms with van der Waals surface area (Å²) >= 11 is 0. The van der Waals surface area contributed by atoms with Crippen LogP contribution in [0.2, 0.25) is 0 Å². The van der Waals surface area contributed by atoms with Gasteiger partial charge in [-0.3, -0.25) is 4.52 Å². The Balaban J connectivity index is 5.02. The monoisotopic (exact) mass is 238 g/mol. The maximum Gasteiger partial charge on any atom is 0.471 e. The molecule has 0 aromatic carbocycles. The third-order valence-electron chi connectivity index (χ3n) is 1.14. The lowest BCUT2D eigenvalue weighted by Gasteiger charge is -2.22. The van der Waals surface area contributed by atoms with Crippen LogP contribution in [0.1, 0.15) is 13.8 Å². The molecule has 5 nitrogen and oxygen atoms in total. The Morgan fingerprint density at radius 1 is 1.57 bits per heavy atom. The molecule has 2 unspecified atom stereocenters. The Kier molecular flexibility index (Phi) is 5.54. The molecule has 0 rings (SSSR count). The smallest absolute Gasteiger partial charge is 0.373 e. The number of rotatable bonds is 4. The second-order valence-electron chi connectivity index (χ2n) is 2.30. The van der Waals surface area contributed by atoms with Crippen molar-refractivity contribution in [3.05, 3.63) is 12.2 Å². The van der Waals surface area contributed by atoms with E-state index in [-0.39, 0.29) is 0 Å². The second-order valence-corrected chi connectivity index (χ2v) is 4.43. The van der Waals surface area contributed by atoms with E-state index in [9.17, 15) is 4.57 Å². The first-order valence-electron chi connectivity index (χ1n) is 3.64. The Morgan fingerprint density at radius 3 is 2.43 bits per heavy atom. The average molecular weight is 238 g/mol. The van der Waals surface area contributed by atoms with Crippen LogP contribution in [0.3, 0.4) is 0 Å². The van der Waals surface area contributed by atoms with E-state index in [2.05, 4.69) is 16.4 Å². The molecule has 80 valence electrons. The number of phosphoric ester groups is 1. The highest BCUT2D eigenvalue weighted by molar-refractivity contribution is 7.47. The van der Waals surface area contributed by atoms with Gasteiger partial charge in [0.1, 0.15) is 0 Å². The average Bonchev–Trinajstić information content (AvgIpc) is 2.02. The molecule has 0 aliphatic carbocycles. The summed E-state index contributed by atoms with van der Waals surface area (Å²) in [4.78, 5) is 26.2. The first-order valence-corrected chi connectivity index (χ1v) is 6.12. The maximum atomic E-state index is 10.6. The maximum absolute atomic E-state index is 10.6. The summed E-state index contributed by atoms with van der Waals surface area (Å²) in [6.45, 7) is 3.12. The lowest BCUT2D eigenvalue weighted by molar-refractivity contribution is 0.166. The first kappa shape index (κ1) is 13.8. The molecule has 3 N–H and O–H groups in total. The SMILES string of the molecule is CC#CC(C=CC)(OP(=O)(O)O)PO. The normalized spacial score (nSPS) is 16.9. The molecule has 0 saturated carbocycles. The molecule has 0 fully saturated rings. The summed E-state index contributed by atoms with van der Waals surface area (Å²) in [7, 11) is -5.54. The molecule has 0 aliphatic heterocycles. The highest BCUT2D eigenvalue weighted by atomic mass is 31.2. The van der Waals surface area contributed by atoms with Gasteiger partial charge in [-0.2, -0.15) is 0 Å². The standard InChI is InChI=1S/C7H12O5P2/c1-3-5-7(13-8,6-4-2)12-14(9,10)11/h3,5,8,13H,1-2H3,(H2,9,10,11). The van der Waals surface area contributed by atoms with Gasteiger partial charge in [-0.05, 0) is 19.9 Å². The highest BCUT2D eigenvalue weighted by Crippen LogP contribution is 2.47. The molecule has 2 atom stereocenters. The molecule has 0 aromatic rings. The van der Waals surface area contributed by atoms with Crippen molar-refractivity contribution in [3.8, 4) is 11.8 Å². The second kappa shape index (κ2) is 5.63. The van der Waals surface area contributed by atoms with Gasteiger partial charge in [0.05, 0.1) is 8.81 Å². The minimum atomic E-state index is -4.67. The van der Waals surface area contributed by atoms with Gasteiger partial charge in [-0.15, -0.1) is 5.92 Å². The molecule has 14 heavy (non-hydrogen) atoms. The summed E-state index contributed by atoms with van der Waals surface area (Å²) in [6, 6.07) is 0. The molecule has 0 aliphatic rings. The van der Waals surface area contributed by atoms with Crippen LogP contribution in [0.15, 0.2) is 12.2 Å². The van der Waals surface area contributed by atoms with E-state index in [4.69, 9.17) is 14.7 Å². The summed E-state index contributed by atoms with van der Waals surface area (Å²) < 4.78 is 15.0. The van der Waals surface area contributed by atoms with Crippen molar-refractivity contribution in [2.45, 2.75) is 19.2 Å². The topological polar surface area (TPSA) is 87.0 Å². The highest BCUT2D eigenvalue weighted by Gasteiger charge is 2.33. The van der Waals surface area contributed by atoms with E-state index < -0.39 is 22.0 Å². The molecule has 0 aromatic heterocycles. The summed E-state index contributed by atoms with van der Waals surface area (Å²) in [6.07, 6.45) is 2.81. The van der Waals surface area contributed by atoms with Crippen LogP contribution in [-0.4, -0.2) is 20.0 Å². The van der Waals surface area contributed by atoms with Crippen LogP contribution in [0.5, 0.6) is 0 Å². The van der Waals surface area contributed by atoms with Crippen LogP contribution < -0.4 is 0 Å². The third-order valence-corrected chi connectivity index (χ3v) is 2.56. The van der Waals surface area contributed by atoms with Crippen LogP contribution in [0.4, 0.5) is 0 Å². The molecule has 0 spiro atoms. The van der Waals surface area contributed by atoms with E-state index in [0.717, 1.165) is 0 Å². The van der Waals surface area contributed by atoms with E-state index in [1.165, 1.54) is 19.1 Å². The van der Waals surface area contributed by atoms with E-state index in [1.807, 2.05) is 0 Å². The molecule has 0 saturated heterocycles. The molecular formula is C7H12O5P2. The Morgan fingerprint density at radius 2 is 2.14 bits per heavy atom. The van der Waals surface area contributed by atoms with Gasteiger partial charge in [-0.1, -0.05) is 12.0 Å². The molecule has 0 amide bonds. The molecule has 7 heteroatoms. The van der Waals surface area contributed by atoms with Crippen molar-refractivity contribution in [1.82, 2.24) is 0 Å². The summed E-state index contributed by atoms with van der Waals surface area (Å²) in [5.74, 6) is 4.86. The van der Waals surface area contributed by atoms with E-state index in [1.54, 1.807) is 6.92 Å². The van der Waals surface area contributed by atoms with Crippen molar-refractivity contribution in [2.24, 2.45) is 0 Å². The summed E-state index contributed by atoms with van der Waals surface area (Å²) in [5.41, 5.74) is 0. The fourth-order valence-electron chi connectivity index (χ4n) is 0.789.